The number of carbonyl (C=O) groups is 1. The second kappa shape index (κ2) is 10.1. The molecule has 37 heavy (non-hydrogen) atoms. The Morgan fingerprint density at radius 1 is 1.19 bits per heavy atom. The van der Waals surface area contributed by atoms with Crippen molar-refractivity contribution in [3.63, 3.8) is 0 Å². The van der Waals surface area contributed by atoms with E-state index in [0.717, 1.165) is 61.7 Å². The van der Waals surface area contributed by atoms with E-state index in [4.69, 9.17) is 4.74 Å². The van der Waals surface area contributed by atoms with Crippen LogP contribution in [0.5, 0.6) is 0 Å². The number of fused-ring (bicyclic) bond motifs is 5. The van der Waals surface area contributed by atoms with Crippen molar-refractivity contribution >= 4 is 5.97 Å². The third kappa shape index (κ3) is 5.16. The zero-order valence-electron chi connectivity index (χ0n) is 23.8. The molecule has 0 saturated heterocycles. The summed E-state index contributed by atoms with van der Waals surface area (Å²) in [7, 11) is 0. The highest BCUT2D eigenvalue weighted by Crippen LogP contribution is 2.67. The van der Waals surface area contributed by atoms with Crippen molar-refractivity contribution in [2.75, 3.05) is 0 Å². The number of rotatable bonds is 7. The van der Waals surface area contributed by atoms with E-state index >= 15 is 0 Å². The molecule has 1 heterocycles. The molecule has 4 heteroatoms. The molecular weight excluding hydrogens is 458 g/mol. The van der Waals surface area contributed by atoms with Crippen LogP contribution in [0.3, 0.4) is 0 Å². The Morgan fingerprint density at radius 3 is 2.73 bits per heavy atom. The van der Waals surface area contributed by atoms with Gasteiger partial charge in [0.05, 0.1) is 11.2 Å². The number of aliphatic hydroxyl groups is 1. The van der Waals surface area contributed by atoms with Gasteiger partial charge in [-0.1, -0.05) is 45.3 Å². The summed E-state index contributed by atoms with van der Waals surface area (Å²) < 4.78 is 5.95. The van der Waals surface area contributed by atoms with E-state index < -0.39 is 5.60 Å². The summed E-state index contributed by atoms with van der Waals surface area (Å²) in [6, 6.07) is 3.58. The number of hydrogen-bond donors (Lipinski definition) is 1. The molecule has 0 aromatic carbocycles. The summed E-state index contributed by atoms with van der Waals surface area (Å²) in [6.07, 6.45) is 18.8. The van der Waals surface area contributed by atoms with Crippen molar-refractivity contribution in [3.8, 4) is 0 Å². The number of nitrogens with zero attached hydrogens (tertiary/aromatic N) is 1. The summed E-state index contributed by atoms with van der Waals surface area (Å²) >= 11 is 0. The minimum Gasteiger partial charge on any atom is -0.458 e. The molecule has 3 saturated carbocycles. The van der Waals surface area contributed by atoms with Gasteiger partial charge in [0, 0.05) is 18.8 Å². The van der Waals surface area contributed by atoms with Crippen LogP contribution in [-0.4, -0.2) is 27.8 Å². The predicted molar refractivity (Wildman–Crippen MR) is 148 cm³/mol. The maximum atomic E-state index is 12.6. The van der Waals surface area contributed by atoms with Gasteiger partial charge in [-0.2, -0.15) is 0 Å². The molecule has 4 aliphatic rings. The molecule has 1 unspecified atom stereocenters. The molecule has 3 fully saturated rings. The topological polar surface area (TPSA) is 59.4 Å². The van der Waals surface area contributed by atoms with E-state index in [0.29, 0.717) is 11.0 Å². The first-order chi connectivity index (χ1) is 17.5. The fourth-order valence-electron chi connectivity index (χ4n) is 9.46. The molecule has 4 aliphatic carbocycles. The highest BCUT2D eigenvalue weighted by Gasteiger charge is 2.59. The highest BCUT2D eigenvalue weighted by atomic mass is 16.5. The number of ether oxygens (including phenoxy) is 1. The van der Waals surface area contributed by atoms with Crippen molar-refractivity contribution in [1.82, 2.24) is 4.98 Å². The van der Waals surface area contributed by atoms with Crippen LogP contribution in [-0.2, 0) is 4.74 Å². The van der Waals surface area contributed by atoms with Crippen LogP contribution in [0.15, 0.2) is 36.2 Å². The Bertz CT molecular complexity index is 997. The smallest absolute Gasteiger partial charge is 0.339 e. The zero-order valence-corrected chi connectivity index (χ0v) is 23.8. The van der Waals surface area contributed by atoms with Gasteiger partial charge in [0.15, 0.2) is 0 Å². The molecule has 1 N–H and O–H groups in total. The van der Waals surface area contributed by atoms with Crippen LogP contribution in [0.1, 0.15) is 116 Å². The molecule has 0 spiro atoms. The SMILES string of the molecule is CC(CCCC(C)(C)O)[C@H]1CC[C@H]2[C@@H]3CC=C4C[C@@H](OC(=O)c5cccnc5)CC[C@]4(C)[C@H]3CC[C@]12C. The number of carbonyl (C=O) groups excluding carboxylic acids is 1. The first-order valence-electron chi connectivity index (χ1n) is 15.0. The van der Waals surface area contributed by atoms with Crippen LogP contribution in [0.25, 0.3) is 0 Å². The number of aromatic nitrogens is 1. The van der Waals surface area contributed by atoms with E-state index in [9.17, 15) is 9.90 Å². The van der Waals surface area contributed by atoms with Gasteiger partial charge in [-0.15, -0.1) is 0 Å². The van der Waals surface area contributed by atoms with E-state index in [1.807, 2.05) is 13.8 Å². The third-order valence-electron chi connectivity index (χ3n) is 11.4. The predicted octanol–water partition coefficient (Wildman–Crippen LogP) is 7.76. The van der Waals surface area contributed by atoms with Crippen molar-refractivity contribution < 1.29 is 14.6 Å². The molecular formula is C33H49NO3. The molecule has 5 rings (SSSR count). The third-order valence-corrected chi connectivity index (χ3v) is 11.4. The summed E-state index contributed by atoms with van der Waals surface area (Å²) in [6.45, 7) is 11.5. The first-order valence-corrected chi connectivity index (χ1v) is 15.0. The lowest BCUT2D eigenvalue weighted by Crippen LogP contribution is -2.51. The van der Waals surface area contributed by atoms with Crippen LogP contribution < -0.4 is 0 Å². The molecule has 4 nitrogen and oxygen atoms in total. The summed E-state index contributed by atoms with van der Waals surface area (Å²) in [5.41, 5.74) is 2.29. The lowest BCUT2D eigenvalue weighted by molar-refractivity contribution is -0.0597. The average molecular weight is 508 g/mol. The second-order valence-electron chi connectivity index (χ2n) is 14.2. The first kappa shape index (κ1) is 26.9. The van der Waals surface area contributed by atoms with Gasteiger partial charge in [-0.05, 0) is 118 Å². The monoisotopic (exact) mass is 507 g/mol. The Kier molecular flexibility index (Phi) is 7.37. The normalized spacial score (nSPS) is 38.1. The van der Waals surface area contributed by atoms with Crippen LogP contribution in [0.2, 0.25) is 0 Å². The highest BCUT2D eigenvalue weighted by molar-refractivity contribution is 5.89. The second-order valence-corrected chi connectivity index (χ2v) is 14.2. The maximum absolute atomic E-state index is 12.6. The minimum absolute atomic E-state index is 0.0157. The van der Waals surface area contributed by atoms with Crippen molar-refractivity contribution in [2.24, 2.45) is 40.4 Å². The van der Waals surface area contributed by atoms with Crippen LogP contribution in [0.4, 0.5) is 0 Å². The molecule has 204 valence electrons. The maximum Gasteiger partial charge on any atom is 0.339 e. The number of allylic oxidation sites excluding steroid dienone is 1. The Hall–Kier alpha value is -1.68. The molecule has 0 amide bonds. The van der Waals surface area contributed by atoms with E-state index in [1.165, 1.54) is 38.5 Å². The Balaban J connectivity index is 1.24. The van der Waals surface area contributed by atoms with Gasteiger partial charge in [0.25, 0.3) is 0 Å². The van der Waals surface area contributed by atoms with Crippen molar-refractivity contribution in [1.29, 1.82) is 0 Å². The molecule has 0 bridgehead atoms. The van der Waals surface area contributed by atoms with Crippen LogP contribution in [0, 0.1) is 40.4 Å². The molecule has 8 atom stereocenters. The van der Waals surface area contributed by atoms with Gasteiger partial charge >= 0.3 is 5.97 Å². The van der Waals surface area contributed by atoms with Gasteiger partial charge in [0.1, 0.15) is 6.10 Å². The number of esters is 1. The standard InChI is InChI=1S/C33H49NO3/c1-22(8-6-16-31(2,3)36)27-12-13-28-26-11-10-24-20-25(37-30(35)23-9-7-19-34-21-23)14-17-32(24,4)29(26)15-18-33(27,28)5/h7,9-10,19,21-22,25-29,36H,6,8,11-18,20H2,1-5H3/t22?,25-,26-,27+,28-,29-,32-,33+/m0/s1. The van der Waals surface area contributed by atoms with Gasteiger partial charge in [-0.25, -0.2) is 4.79 Å². The average Bonchev–Trinajstić information content (AvgIpc) is 3.21. The fraction of sp³-hybridized carbons (Fsp3) is 0.758. The van der Waals surface area contributed by atoms with Gasteiger partial charge < -0.3 is 9.84 Å². The lowest BCUT2D eigenvalue weighted by Gasteiger charge is -2.58. The molecule has 1 aromatic rings. The zero-order chi connectivity index (χ0) is 26.4. The van der Waals surface area contributed by atoms with E-state index in [1.54, 1.807) is 30.1 Å². The van der Waals surface area contributed by atoms with E-state index in [2.05, 4.69) is 31.8 Å². The van der Waals surface area contributed by atoms with Gasteiger partial charge in [0.2, 0.25) is 0 Å². The minimum atomic E-state index is -0.544. The Morgan fingerprint density at radius 2 is 2.00 bits per heavy atom. The Labute approximate surface area is 224 Å². The van der Waals surface area contributed by atoms with Crippen molar-refractivity contribution in [3.05, 3.63) is 41.7 Å². The summed E-state index contributed by atoms with van der Waals surface area (Å²) in [5, 5.41) is 10.2. The lowest BCUT2D eigenvalue weighted by atomic mass is 9.47. The van der Waals surface area contributed by atoms with Gasteiger partial charge in [-0.3, -0.25) is 4.98 Å². The summed E-state index contributed by atoms with van der Waals surface area (Å²) in [5.74, 6) is 3.73. The molecule has 0 radical (unpaired) electrons. The quantitative estimate of drug-likeness (QED) is 0.303. The van der Waals surface area contributed by atoms with E-state index in [-0.39, 0.29) is 17.5 Å². The van der Waals surface area contributed by atoms with Crippen LogP contribution >= 0.6 is 0 Å². The largest absolute Gasteiger partial charge is 0.458 e. The fourth-order valence-corrected chi connectivity index (χ4v) is 9.46. The molecule has 1 aromatic heterocycles. The number of hydrogen-bond acceptors (Lipinski definition) is 4. The van der Waals surface area contributed by atoms with Crippen molar-refractivity contribution in [2.45, 2.75) is 117 Å². The summed E-state index contributed by atoms with van der Waals surface area (Å²) in [4.78, 5) is 16.7. The molecule has 0 aliphatic heterocycles. The number of pyridine rings is 1.